The lowest BCUT2D eigenvalue weighted by Gasteiger charge is -2.35. The number of hydrogen-bond donors (Lipinski definition) is 0. The summed E-state index contributed by atoms with van der Waals surface area (Å²) in [5.74, 6) is 0.618. The van der Waals surface area contributed by atoms with Gasteiger partial charge in [0.1, 0.15) is 5.82 Å². The quantitative estimate of drug-likeness (QED) is 0.522. The van der Waals surface area contributed by atoms with E-state index in [-0.39, 0.29) is 10.9 Å². The number of alkyl halides is 3. The molecule has 1 aliphatic rings. The normalized spacial score (nSPS) is 14.8. The molecule has 176 valence electrons. The van der Waals surface area contributed by atoms with Crippen LogP contribution in [0.1, 0.15) is 36.7 Å². The molecular formula is C21H27ClF3N5OS. The van der Waals surface area contributed by atoms with E-state index < -0.39 is 11.7 Å². The Hall–Kier alpha value is -1.94. The molecule has 6 nitrogen and oxygen atoms in total. The van der Waals surface area contributed by atoms with Gasteiger partial charge in [-0.15, -0.1) is 0 Å². The number of unbranched alkanes of at least 4 members (excludes halogenated alkanes) is 1. The summed E-state index contributed by atoms with van der Waals surface area (Å²) in [4.78, 5) is 24.8. The third kappa shape index (κ3) is 5.70. The highest BCUT2D eigenvalue weighted by atomic mass is 35.5. The van der Waals surface area contributed by atoms with Crippen LogP contribution in [0.4, 0.5) is 19.0 Å². The molecule has 1 aliphatic heterocycles. The highest BCUT2D eigenvalue weighted by molar-refractivity contribution is 7.99. The van der Waals surface area contributed by atoms with E-state index >= 15 is 0 Å². The van der Waals surface area contributed by atoms with Crippen LogP contribution in [0.25, 0.3) is 0 Å². The van der Waals surface area contributed by atoms with Crippen molar-refractivity contribution in [3.05, 3.63) is 34.2 Å². The van der Waals surface area contributed by atoms with Crippen molar-refractivity contribution in [2.45, 2.75) is 51.5 Å². The monoisotopic (exact) mass is 489 g/mol. The van der Waals surface area contributed by atoms with E-state index in [2.05, 4.69) is 21.5 Å². The van der Waals surface area contributed by atoms with Crippen molar-refractivity contribution in [2.75, 3.05) is 36.8 Å². The Morgan fingerprint density at radius 2 is 1.91 bits per heavy atom. The van der Waals surface area contributed by atoms with Gasteiger partial charge in [0.15, 0.2) is 5.16 Å². The van der Waals surface area contributed by atoms with Gasteiger partial charge in [-0.1, -0.05) is 36.7 Å². The summed E-state index contributed by atoms with van der Waals surface area (Å²) in [6, 6.07) is 0.892. The van der Waals surface area contributed by atoms with Crippen molar-refractivity contribution in [1.82, 2.24) is 19.4 Å². The summed E-state index contributed by atoms with van der Waals surface area (Å²) in [6.07, 6.45) is -1.55. The molecule has 3 rings (SSSR count). The fraction of sp³-hybridized carbons (Fsp3) is 0.571. The molecular weight excluding hydrogens is 463 g/mol. The number of pyridine rings is 1. The first-order valence-corrected chi connectivity index (χ1v) is 11.9. The van der Waals surface area contributed by atoms with E-state index in [9.17, 15) is 18.0 Å². The van der Waals surface area contributed by atoms with Crippen LogP contribution in [0.3, 0.4) is 0 Å². The summed E-state index contributed by atoms with van der Waals surface area (Å²) in [6.45, 7) is 8.88. The SMILES string of the molecule is CCCCn1c(SCC(=O)N2CCN(c3ncc(C(F)(F)F)cc3Cl)CC2)nc(C)c1C. The molecule has 2 aromatic heterocycles. The predicted octanol–water partition coefficient (Wildman–Crippen LogP) is 4.81. The minimum Gasteiger partial charge on any atom is -0.352 e. The van der Waals surface area contributed by atoms with Crippen molar-refractivity contribution < 1.29 is 18.0 Å². The predicted molar refractivity (Wildman–Crippen MR) is 120 cm³/mol. The van der Waals surface area contributed by atoms with E-state index in [0.717, 1.165) is 48.2 Å². The van der Waals surface area contributed by atoms with Gasteiger partial charge in [0, 0.05) is 44.6 Å². The standard InChI is InChI=1S/C21H27ClF3N5OS/c1-4-5-6-30-15(3)14(2)27-20(30)32-13-18(31)28-7-9-29(10-8-28)19-17(22)11-16(12-26-19)21(23,24)25/h11-12H,4-10,13H2,1-3H3. The number of imidazole rings is 1. The lowest BCUT2D eigenvalue weighted by Crippen LogP contribution is -2.49. The number of piperazine rings is 1. The van der Waals surface area contributed by atoms with Crippen LogP contribution in [0.5, 0.6) is 0 Å². The number of thioether (sulfide) groups is 1. The maximum atomic E-state index is 12.8. The van der Waals surface area contributed by atoms with Gasteiger partial charge in [0.25, 0.3) is 0 Å². The molecule has 2 aromatic rings. The van der Waals surface area contributed by atoms with Crippen molar-refractivity contribution in [3.8, 4) is 0 Å². The number of carbonyl (C=O) groups is 1. The van der Waals surface area contributed by atoms with E-state index in [4.69, 9.17) is 11.6 Å². The van der Waals surface area contributed by atoms with Crippen LogP contribution in [0, 0.1) is 13.8 Å². The maximum Gasteiger partial charge on any atom is 0.417 e. The van der Waals surface area contributed by atoms with E-state index in [0.29, 0.717) is 37.7 Å². The zero-order valence-electron chi connectivity index (χ0n) is 18.4. The second-order valence-electron chi connectivity index (χ2n) is 7.75. The Morgan fingerprint density at radius 3 is 2.50 bits per heavy atom. The summed E-state index contributed by atoms with van der Waals surface area (Å²) in [5, 5.41) is 0.820. The van der Waals surface area contributed by atoms with Gasteiger partial charge in [-0.2, -0.15) is 13.2 Å². The van der Waals surface area contributed by atoms with Gasteiger partial charge in [0.05, 0.1) is 22.0 Å². The van der Waals surface area contributed by atoms with Crippen molar-refractivity contribution in [2.24, 2.45) is 0 Å². The van der Waals surface area contributed by atoms with Crippen LogP contribution in [0.15, 0.2) is 17.4 Å². The van der Waals surface area contributed by atoms with Gasteiger partial charge >= 0.3 is 6.18 Å². The number of rotatable bonds is 7. The Balaban J connectivity index is 1.56. The van der Waals surface area contributed by atoms with Crippen molar-refractivity contribution >= 4 is 35.1 Å². The Labute approximate surface area is 195 Å². The highest BCUT2D eigenvalue weighted by Gasteiger charge is 2.32. The van der Waals surface area contributed by atoms with E-state index in [1.54, 1.807) is 4.90 Å². The van der Waals surface area contributed by atoms with E-state index in [1.807, 2.05) is 18.7 Å². The topological polar surface area (TPSA) is 54.3 Å². The minimum absolute atomic E-state index is 0.0153. The first-order chi connectivity index (χ1) is 15.1. The molecule has 0 N–H and O–H groups in total. The summed E-state index contributed by atoms with van der Waals surface area (Å²) < 4.78 is 40.6. The van der Waals surface area contributed by atoms with Crippen LogP contribution in [-0.4, -0.2) is 57.3 Å². The number of aromatic nitrogens is 3. The molecule has 0 spiro atoms. The smallest absolute Gasteiger partial charge is 0.352 e. The van der Waals surface area contributed by atoms with Gasteiger partial charge in [-0.3, -0.25) is 4.79 Å². The van der Waals surface area contributed by atoms with Crippen molar-refractivity contribution in [1.29, 1.82) is 0 Å². The maximum absolute atomic E-state index is 12.8. The zero-order valence-corrected chi connectivity index (χ0v) is 19.9. The van der Waals surface area contributed by atoms with Crippen LogP contribution < -0.4 is 4.90 Å². The van der Waals surface area contributed by atoms with E-state index in [1.165, 1.54) is 11.8 Å². The third-order valence-corrected chi connectivity index (χ3v) is 6.80. The average Bonchev–Trinajstić information content (AvgIpc) is 3.02. The molecule has 0 unspecified atom stereocenters. The summed E-state index contributed by atoms with van der Waals surface area (Å²) in [7, 11) is 0. The molecule has 11 heteroatoms. The molecule has 1 amide bonds. The molecule has 0 bridgehead atoms. The number of carbonyl (C=O) groups excluding carboxylic acids is 1. The Morgan fingerprint density at radius 1 is 1.22 bits per heavy atom. The van der Waals surface area contributed by atoms with Crippen LogP contribution in [0.2, 0.25) is 5.02 Å². The molecule has 0 atom stereocenters. The summed E-state index contributed by atoms with van der Waals surface area (Å²) in [5.41, 5.74) is 1.23. The Kier molecular flexibility index (Phi) is 7.97. The van der Waals surface area contributed by atoms with Crippen LogP contribution >= 0.6 is 23.4 Å². The molecule has 0 aliphatic carbocycles. The summed E-state index contributed by atoms with van der Waals surface area (Å²) >= 11 is 7.50. The number of hydrogen-bond acceptors (Lipinski definition) is 5. The molecule has 3 heterocycles. The molecule has 0 radical (unpaired) electrons. The van der Waals surface area contributed by atoms with Gasteiger partial charge in [-0.25, -0.2) is 9.97 Å². The van der Waals surface area contributed by atoms with Crippen molar-refractivity contribution in [3.63, 3.8) is 0 Å². The number of anilines is 1. The largest absolute Gasteiger partial charge is 0.417 e. The van der Waals surface area contributed by atoms with Crippen LogP contribution in [-0.2, 0) is 17.5 Å². The second kappa shape index (κ2) is 10.3. The number of amides is 1. The number of nitrogens with zero attached hydrogens (tertiary/aromatic N) is 5. The van der Waals surface area contributed by atoms with Gasteiger partial charge in [-0.05, 0) is 26.3 Å². The number of halogens is 4. The third-order valence-electron chi connectivity index (χ3n) is 5.56. The lowest BCUT2D eigenvalue weighted by atomic mass is 10.2. The average molecular weight is 490 g/mol. The molecule has 1 saturated heterocycles. The molecule has 0 aromatic carbocycles. The zero-order chi connectivity index (χ0) is 23.5. The fourth-order valence-electron chi connectivity index (χ4n) is 3.52. The lowest BCUT2D eigenvalue weighted by molar-refractivity contribution is -0.137. The first-order valence-electron chi connectivity index (χ1n) is 10.5. The molecule has 1 fully saturated rings. The fourth-order valence-corrected chi connectivity index (χ4v) is 4.82. The molecule has 32 heavy (non-hydrogen) atoms. The molecule has 0 saturated carbocycles. The Bertz CT molecular complexity index is 958. The second-order valence-corrected chi connectivity index (χ2v) is 9.10. The highest BCUT2D eigenvalue weighted by Crippen LogP contribution is 2.33. The number of aryl methyl sites for hydroxylation is 1. The minimum atomic E-state index is -4.49. The van der Waals surface area contributed by atoms with Gasteiger partial charge < -0.3 is 14.4 Å². The first kappa shape index (κ1) is 24.7. The van der Waals surface area contributed by atoms with Gasteiger partial charge in [0.2, 0.25) is 5.91 Å².